The first-order valence-corrected chi connectivity index (χ1v) is 6.87. The number of para-hydroxylation sites is 1. The third-order valence-corrected chi connectivity index (χ3v) is 4.11. The van der Waals surface area contributed by atoms with Crippen LogP contribution in [-0.2, 0) is 4.74 Å². The summed E-state index contributed by atoms with van der Waals surface area (Å²) in [5.74, 6) is 1.04. The van der Waals surface area contributed by atoms with Crippen molar-refractivity contribution >= 4 is 0 Å². The molecule has 0 spiro atoms. The molecule has 1 aliphatic carbocycles. The zero-order valence-corrected chi connectivity index (χ0v) is 10.9. The summed E-state index contributed by atoms with van der Waals surface area (Å²) in [6.45, 7) is 0.815. The Morgan fingerprint density at radius 2 is 2.11 bits per heavy atom. The highest BCUT2D eigenvalue weighted by Crippen LogP contribution is 2.33. The van der Waals surface area contributed by atoms with Gasteiger partial charge in [0.15, 0.2) is 0 Å². The number of ether oxygens (including phenoxy) is 2. The first-order valence-electron chi connectivity index (χ1n) is 6.87. The maximum Gasteiger partial charge on any atom is 0.124 e. The Morgan fingerprint density at radius 1 is 1.22 bits per heavy atom. The van der Waals surface area contributed by atoms with Gasteiger partial charge >= 0.3 is 0 Å². The van der Waals surface area contributed by atoms with Crippen LogP contribution in [0.1, 0.15) is 37.3 Å². The Bertz CT molecular complexity index is 407. The van der Waals surface area contributed by atoms with Crippen molar-refractivity contribution in [3.05, 3.63) is 29.8 Å². The van der Waals surface area contributed by atoms with E-state index in [-0.39, 0.29) is 0 Å². The van der Waals surface area contributed by atoms with Crippen LogP contribution in [0.2, 0.25) is 0 Å². The molecule has 3 nitrogen and oxygen atoms in total. The maximum atomic E-state index is 5.70. The molecule has 0 amide bonds. The standard InChI is InChI=1S/C15H21NO2/c1-17-12-7-6-11(10-12)16-14-8-9-18-15-5-3-2-4-13(14)15/h2-5,11-12,14,16H,6-10H2,1H3. The molecule has 1 aliphatic heterocycles. The van der Waals surface area contributed by atoms with Crippen LogP contribution in [0, 0.1) is 0 Å². The van der Waals surface area contributed by atoms with Crippen molar-refractivity contribution < 1.29 is 9.47 Å². The van der Waals surface area contributed by atoms with E-state index in [1.807, 2.05) is 13.2 Å². The molecule has 2 aliphatic rings. The van der Waals surface area contributed by atoms with Crippen molar-refractivity contribution in [3.63, 3.8) is 0 Å². The average Bonchev–Trinajstić information content (AvgIpc) is 2.87. The molecule has 98 valence electrons. The lowest BCUT2D eigenvalue weighted by atomic mass is 9.99. The molecular formula is C15H21NO2. The fourth-order valence-electron chi connectivity index (χ4n) is 3.11. The Kier molecular flexibility index (Phi) is 3.52. The third-order valence-electron chi connectivity index (χ3n) is 4.11. The maximum absolute atomic E-state index is 5.70. The van der Waals surface area contributed by atoms with E-state index >= 15 is 0 Å². The molecule has 1 heterocycles. The van der Waals surface area contributed by atoms with Crippen molar-refractivity contribution in [2.75, 3.05) is 13.7 Å². The molecule has 18 heavy (non-hydrogen) atoms. The molecule has 0 bridgehead atoms. The van der Waals surface area contributed by atoms with Crippen molar-refractivity contribution in [3.8, 4) is 5.75 Å². The van der Waals surface area contributed by atoms with Crippen LogP contribution >= 0.6 is 0 Å². The fourth-order valence-corrected chi connectivity index (χ4v) is 3.11. The number of methoxy groups -OCH3 is 1. The van der Waals surface area contributed by atoms with E-state index in [0.717, 1.165) is 25.2 Å². The molecule has 3 heteroatoms. The first kappa shape index (κ1) is 12.0. The van der Waals surface area contributed by atoms with E-state index in [2.05, 4.69) is 23.5 Å². The van der Waals surface area contributed by atoms with Gasteiger partial charge in [0.25, 0.3) is 0 Å². The van der Waals surface area contributed by atoms with Crippen LogP contribution in [0.15, 0.2) is 24.3 Å². The number of fused-ring (bicyclic) bond motifs is 1. The molecule has 1 aromatic rings. The molecule has 3 unspecified atom stereocenters. The highest BCUT2D eigenvalue weighted by atomic mass is 16.5. The van der Waals surface area contributed by atoms with Crippen molar-refractivity contribution in [2.45, 2.75) is 43.9 Å². The summed E-state index contributed by atoms with van der Waals surface area (Å²) in [6.07, 6.45) is 5.04. The predicted molar refractivity (Wildman–Crippen MR) is 70.9 cm³/mol. The zero-order valence-electron chi connectivity index (χ0n) is 10.9. The van der Waals surface area contributed by atoms with E-state index in [0.29, 0.717) is 18.2 Å². The monoisotopic (exact) mass is 247 g/mol. The van der Waals surface area contributed by atoms with Crippen LogP contribution in [0.3, 0.4) is 0 Å². The highest BCUT2D eigenvalue weighted by molar-refractivity contribution is 5.37. The van der Waals surface area contributed by atoms with Crippen molar-refractivity contribution in [1.29, 1.82) is 0 Å². The second-order valence-electron chi connectivity index (χ2n) is 5.26. The normalized spacial score (nSPS) is 30.8. The van der Waals surface area contributed by atoms with Gasteiger partial charge in [0.1, 0.15) is 5.75 Å². The summed E-state index contributed by atoms with van der Waals surface area (Å²) in [5, 5.41) is 3.78. The molecule has 0 aromatic heterocycles. The summed E-state index contributed by atoms with van der Waals surface area (Å²) in [5.41, 5.74) is 1.31. The van der Waals surface area contributed by atoms with Crippen LogP contribution in [0.5, 0.6) is 5.75 Å². The van der Waals surface area contributed by atoms with E-state index in [1.54, 1.807) is 0 Å². The fraction of sp³-hybridized carbons (Fsp3) is 0.600. The summed E-state index contributed by atoms with van der Waals surface area (Å²) in [7, 11) is 1.82. The minimum atomic E-state index is 0.440. The van der Waals surface area contributed by atoms with Gasteiger partial charge in [-0.15, -0.1) is 0 Å². The number of hydrogen-bond acceptors (Lipinski definition) is 3. The largest absolute Gasteiger partial charge is 0.493 e. The van der Waals surface area contributed by atoms with Crippen LogP contribution < -0.4 is 10.1 Å². The van der Waals surface area contributed by atoms with Gasteiger partial charge in [-0.2, -0.15) is 0 Å². The van der Waals surface area contributed by atoms with E-state index < -0.39 is 0 Å². The molecule has 0 saturated heterocycles. The van der Waals surface area contributed by atoms with Crippen molar-refractivity contribution in [1.82, 2.24) is 5.32 Å². The van der Waals surface area contributed by atoms with Gasteiger partial charge in [0.2, 0.25) is 0 Å². The van der Waals surface area contributed by atoms with Crippen LogP contribution in [0.4, 0.5) is 0 Å². The number of benzene rings is 1. The molecule has 1 N–H and O–H groups in total. The van der Waals surface area contributed by atoms with Gasteiger partial charge in [-0.1, -0.05) is 18.2 Å². The van der Waals surface area contributed by atoms with Gasteiger partial charge < -0.3 is 14.8 Å². The molecule has 0 radical (unpaired) electrons. The topological polar surface area (TPSA) is 30.5 Å². The Hall–Kier alpha value is -1.06. The van der Waals surface area contributed by atoms with Gasteiger partial charge in [-0.25, -0.2) is 0 Å². The lowest BCUT2D eigenvalue weighted by molar-refractivity contribution is 0.106. The minimum Gasteiger partial charge on any atom is -0.493 e. The highest BCUT2D eigenvalue weighted by Gasteiger charge is 2.28. The Labute approximate surface area is 108 Å². The summed E-state index contributed by atoms with van der Waals surface area (Å²) in [6, 6.07) is 9.40. The van der Waals surface area contributed by atoms with Crippen LogP contribution in [-0.4, -0.2) is 25.9 Å². The lowest BCUT2D eigenvalue weighted by Crippen LogP contribution is -2.34. The number of nitrogens with one attached hydrogen (secondary N) is 1. The second-order valence-corrected chi connectivity index (χ2v) is 5.26. The molecule has 3 atom stereocenters. The summed E-state index contributed by atoms with van der Waals surface area (Å²) in [4.78, 5) is 0. The van der Waals surface area contributed by atoms with Crippen LogP contribution in [0.25, 0.3) is 0 Å². The average molecular weight is 247 g/mol. The molecule has 1 fully saturated rings. The van der Waals surface area contributed by atoms with Gasteiger partial charge in [-0.3, -0.25) is 0 Å². The smallest absolute Gasteiger partial charge is 0.124 e. The Morgan fingerprint density at radius 3 is 2.94 bits per heavy atom. The third kappa shape index (κ3) is 2.38. The summed E-state index contributed by atoms with van der Waals surface area (Å²) < 4.78 is 11.1. The molecule has 3 rings (SSSR count). The van der Waals surface area contributed by atoms with E-state index in [4.69, 9.17) is 9.47 Å². The minimum absolute atomic E-state index is 0.440. The molecule has 1 saturated carbocycles. The first-order chi connectivity index (χ1) is 8.86. The lowest BCUT2D eigenvalue weighted by Gasteiger charge is -2.29. The Balaban J connectivity index is 1.67. The second kappa shape index (κ2) is 5.29. The van der Waals surface area contributed by atoms with Gasteiger partial charge in [0, 0.05) is 31.2 Å². The SMILES string of the molecule is COC1CCC(NC2CCOc3ccccc32)C1. The van der Waals surface area contributed by atoms with Crippen molar-refractivity contribution in [2.24, 2.45) is 0 Å². The van der Waals surface area contributed by atoms with E-state index in [1.165, 1.54) is 18.4 Å². The van der Waals surface area contributed by atoms with Gasteiger partial charge in [0.05, 0.1) is 12.7 Å². The van der Waals surface area contributed by atoms with E-state index in [9.17, 15) is 0 Å². The predicted octanol–water partition coefficient (Wildman–Crippen LogP) is 2.67. The zero-order chi connectivity index (χ0) is 12.4. The molecule has 1 aromatic carbocycles. The number of hydrogen-bond donors (Lipinski definition) is 1. The number of rotatable bonds is 3. The van der Waals surface area contributed by atoms with Gasteiger partial charge in [-0.05, 0) is 25.3 Å². The summed E-state index contributed by atoms with van der Waals surface area (Å²) >= 11 is 0. The molecular weight excluding hydrogens is 226 g/mol. The quantitative estimate of drug-likeness (QED) is 0.890.